The summed E-state index contributed by atoms with van der Waals surface area (Å²) in [6.45, 7) is 1.66. The zero-order chi connectivity index (χ0) is 24.9. The van der Waals surface area contributed by atoms with Gasteiger partial charge in [0.15, 0.2) is 11.6 Å². The van der Waals surface area contributed by atoms with Crippen molar-refractivity contribution in [3.8, 4) is 11.5 Å². The fourth-order valence-corrected chi connectivity index (χ4v) is 3.96. The number of halogens is 4. The van der Waals surface area contributed by atoms with Gasteiger partial charge >= 0.3 is 6.18 Å². The number of H-pyrrole nitrogens is 1. The number of nitrogens with one attached hydrogen (secondary N) is 3. The summed E-state index contributed by atoms with van der Waals surface area (Å²) in [7, 11) is 0. The Morgan fingerprint density at radius 3 is 2.80 bits per heavy atom. The largest absolute Gasteiger partial charge is 0.417 e. The minimum Gasteiger partial charge on any atom is -0.358 e. The summed E-state index contributed by atoms with van der Waals surface area (Å²) in [6, 6.07) is 2.87. The molecule has 5 rings (SSSR count). The Morgan fingerprint density at radius 2 is 2.03 bits per heavy atom. The van der Waals surface area contributed by atoms with Gasteiger partial charge < -0.3 is 20.1 Å². The Morgan fingerprint density at radius 1 is 1.23 bits per heavy atom. The number of amides is 2. The molecule has 4 heterocycles. The highest BCUT2D eigenvalue weighted by atomic mass is 35.5. The van der Waals surface area contributed by atoms with Crippen LogP contribution >= 0.6 is 11.6 Å². The summed E-state index contributed by atoms with van der Waals surface area (Å²) in [5.74, 6) is 0.0640. The molecule has 3 N–H and O–H groups in total. The molecule has 10 nitrogen and oxygen atoms in total. The quantitative estimate of drug-likeness (QED) is 0.380. The van der Waals surface area contributed by atoms with Crippen LogP contribution in [0.2, 0.25) is 5.02 Å². The van der Waals surface area contributed by atoms with Gasteiger partial charge in [0.2, 0.25) is 5.91 Å². The molecule has 1 aliphatic heterocycles. The van der Waals surface area contributed by atoms with Crippen LogP contribution in [0.3, 0.4) is 0 Å². The number of hydrogen-bond acceptors (Lipinski definition) is 7. The summed E-state index contributed by atoms with van der Waals surface area (Å²) in [5.41, 5.74) is 0.271. The molecule has 0 unspecified atom stereocenters. The van der Waals surface area contributed by atoms with Gasteiger partial charge in [-0.15, -0.1) is 0 Å². The lowest BCUT2D eigenvalue weighted by Gasteiger charge is -2.18. The van der Waals surface area contributed by atoms with Crippen LogP contribution in [0.5, 0.6) is 0 Å². The molecule has 0 saturated carbocycles. The van der Waals surface area contributed by atoms with E-state index in [9.17, 15) is 22.8 Å². The van der Waals surface area contributed by atoms with Crippen molar-refractivity contribution >= 4 is 40.3 Å². The first-order chi connectivity index (χ1) is 16.6. The summed E-state index contributed by atoms with van der Waals surface area (Å²) < 4.78 is 44.7. The van der Waals surface area contributed by atoms with E-state index in [1.54, 1.807) is 6.92 Å². The lowest BCUT2D eigenvalue weighted by atomic mass is 10.0. The van der Waals surface area contributed by atoms with Crippen molar-refractivity contribution in [1.29, 1.82) is 0 Å². The SMILES string of the molecule is C[C@@H](NC(=O)c1ncnc2c1CCC(=O)N2)c1cc(-c2nc3cc(Cl)c(C(F)(F)F)cc3[nH]2)no1. The lowest BCUT2D eigenvalue weighted by Crippen LogP contribution is -2.30. The second-order valence-electron chi connectivity index (χ2n) is 7.84. The zero-order valence-corrected chi connectivity index (χ0v) is 18.6. The summed E-state index contributed by atoms with van der Waals surface area (Å²) in [4.78, 5) is 39.4. The second kappa shape index (κ2) is 8.34. The van der Waals surface area contributed by atoms with E-state index in [0.717, 1.165) is 12.1 Å². The van der Waals surface area contributed by atoms with E-state index < -0.39 is 28.7 Å². The standard InChI is InChI=1S/C21H15ClF3N7O3/c1-8(28-20(34)17-9-2-3-16(33)31-18(9)27-7-26-17)15-6-14(32-35-15)19-29-12-4-10(21(23,24)25)11(22)5-13(12)30-19/h4-8H,2-3H2,1H3,(H,28,34)(H,29,30)(H,26,27,31,33)/t8-/m1/s1. The maximum atomic E-state index is 13.1. The summed E-state index contributed by atoms with van der Waals surface area (Å²) >= 11 is 5.76. The number of carbonyl (C=O) groups is 2. The zero-order valence-electron chi connectivity index (χ0n) is 17.8. The molecule has 2 amide bonds. The van der Waals surface area contributed by atoms with Gasteiger partial charge in [-0.25, -0.2) is 15.0 Å². The molecule has 0 radical (unpaired) electrons. The Hall–Kier alpha value is -4.00. The first kappa shape index (κ1) is 22.8. The van der Waals surface area contributed by atoms with Crippen LogP contribution in [0.25, 0.3) is 22.6 Å². The van der Waals surface area contributed by atoms with E-state index in [1.807, 2.05) is 0 Å². The van der Waals surface area contributed by atoms with Crippen molar-refractivity contribution in [1.82, 2.24) is 30.4 Å². The molecule has 180 valence electrons. The van der Waals surface area contributed by atoms with Gasteiger partial charge in [-0.2, -0.15) is 13.2 Å². The Kier molecular flexibility index (Phi) is 5.43. The van der Waals surface area contributed by atoms with Crippen molar-refractivity contribution in [3.63, 3.8) is 0 Å². The monoisotopic (exact) mass is 505 g/mol. The van der Waals surface area contributed by atoms with E-state index in [-0.39, 0.29) is 46.3 Å². The summed E-state index contributed by atoms with van der Waals surface area (Å²) in [6.07, 6.45) is -2.87. The van der Waals surface area contributed by atoms with Crippen LogP contribution in [0.1, 0.15) is 46.8 Å². The number of aromatic amines is 1. The average molecular weight is 506 g/mol. The van der Waals surface area contributed by atoms with Crippen LogP contribution in [-0.4, -0.2) is 36.9 Å². The van der Waals surface area contributed by atoms with Crippen LogP contribution < -0.4 is 10.6 Å². The molecular weight excluding hydrogens is 491 g/mol. The highest BCUT2D eigenvalue weighted by molar-refractivity contribution is 6.32. The number of carbonyl (C=O) groups excluding carboxylic acids is 2. The van der Waals surface area contributed by atoms with Crippen LogP contribution in [0.15, 0.2) is 29.0 Å². The van der Waals surface area contributed by atoms with E-state index in [2.05, 4.69) is 35.7 Å². The summed E-state index contributed by atoms with van der Waals surface area (Å²) in [5, 5.41) is 8.80. The van der Waals surface area contributed by atoms with Crippen molar-refractivity contribution in [2.24, 2.45) is 0 Å². The molecule has 1 atom stereocenters. The third-order valence-corrected chi connectivity index (χ3v) is 5.75. The normalized spacial score (nSPS) is 14.5. The number of hydrogen-bond donors (Lipinski definition) is 3. The van der Waals surface area contributed by atoms with Gasteiger partial charge in [0.25, 0.3) is 5.91 Å². The van der Waals surface area contributed by atoms with E-state index in [4.69, 9.17) is 16.1 Å². The molecule has 3 aromatic heterocycles. The van der Waals surface area contributed by atoms with Gasteiger partial charge in [0, 0.05) is 18.1 Å². The number of nitrogens with zero attached hydrogens (tertiary/aromatic N) is 4. The van der Waals surface area contributed by atoms with Crippen molar-refractivity contribution in [2.75, 3.05) is 5.32 Å². The average Bonchev–Trinajstić information content (AvgIpc) is 3.44. The predicted molar refractivity (Wildman–Crippen MR) is 116 cm³/mol. The van der Waals surface area contributed by atoms with Crippen LogP contribution in [0, 0.1) is 0 Å². The van der Waals surface area contributed by atoms with E-state index in [1.165, 1.54) is 12.4 Å². The Bertz CT molecular complexity index is 1480. The molecule has 1 aliphatic rings. The third kappa shape index (κ3) is 4.30. The Balaban J connectivity index is 1.36. The molecule has 0 aliphatic carbocycles. The molecule has 0 spiro atoms. The van der Waals surface area contributed by atoms with Crippen molar-refractivity contribution < 1.29 is 27.3 Å². The predicted octanol–water partition coefficient (Wildman–Crippen LogP) is 4.06. The van der Waals surface area contributed by atoms with Crippen LogP contribution in [0.4, 0.5) is 19.0 Å². The minimum atomic E-state index is -4.61. The first-order valence-electron chi connectivity index (χ1n) is 10.3. The van der Waals surface area contributed by atoms with Gasteiger partial charge in [0.1, 0.15) is 23.5 Å². The fourth-order valence-electron chi connectivity index (χ4n) is 3.70. The number of rotatable bonds is 4. The first-order valence-corrected chi connectivity index (χ1v) is 10.7. The van der Waals surface area contributed by atoms with E-state index >= 15 is 0 Å². The number of alkyl halides is 3. The molecule has 35 heavy (non-hydrogen) atoms. The molecule has 0 saturated heterocycles. The molecule has 14 heteroatoms. The van der Waals surface area contributed by atoms with Gasteiger partial charge in [-0.05, 0) is 25.5 Å². The van der Waals surface area contributed by atoms with Crippen molar-refractivity contribution in [2.45, 2.75) is 32.0 Å². The number of aromatic nitrogens is 5. The van der Waals surface area contributed by atoms with Gasteiger partial charge in [-0.1, -0.05) is 16.8 Å². The number of imidazole rings is 1. The minimum absolute atomic E-state index is 0.128. The van der Waals surface area contributed by atoms with Crippen molar-refractivity contribution in [3.05, 3.63) is 52.1 Å². The van der Waals surface area contributed by atoms with Gasteiger partial charge in [-0.3, -0.25) is 9.59 Å². The highest BCUT2D eigenvalue weighted by Crippen LogP contribution is 2.37. The molecular formula is C21H15ClF3N7O3. The number of anilines is 1. The number of benzene rings is 1. The third-order valence-electron chi connectivity index (χ3n) is 5.44. The molecule has 4 aromatic rings. The number of fused-ring (bicyclic) bond motifs is 2. The Labute approximate surface area is 199 Å². The maximum Gasteiger partial charge on any atom is 0.417 e. The van der Waals surface area contributed by atoms with Crippen LogP contribution in [-0.2, 0) is 17.4 Å². The lowest BCUT2D eigenvalue weighted by molar-refractivity contribution is -0.137. The van der Waals surface area contributed by atoms with E-state index in [0.29, 0.717) is 17.8 Å². The second-order valence-corrected chi connectivity index (χ2v) is 8.25. The topological polar surface area (TPSA) is 139 Å². The maximum absolute atomic E-state index is 13.1. The fraction of sp³-hybridized carbons (Fsp3) is 0.238. The highest BCUT2D eigenvalue weighted by Gasteiger charge is 2.34. The smallest absolute Gasteiger partial charge is 0.358 e. The molecule has 0 bridgehead atoms. The van der Waals surface area contributed by atoms with Gasteiger partial charge in [0.05, 0.1) is 27.7 Å². The molecule has 0 fully saturated rings. The molecule has 1 aromatic carbocycles.